The van der Waals surface area contributed by atoms with Crippen molar-refractivity contribution in [2.75, 3.05) is 18.5 Å². The van der Waals surface area contributed by atoms with Crippen molar-refractivity contribution in [3.05, 3.63) is 70.4 Å². The van der Waals surface area contributed by atoms with Crippen LogP contribution in [0.3, 0.4) is 0 Å². The van der Waals surface area contributed by atoms with Crippen LogP contribution in [-0.2, 0) is 16.0 Å². The molecule has 1 aromatic heterocycles. The summed E-state index contributed by atoms with van der Waals surface area (Å²) in [4.78, 5) is 33.3. The van der Waals surface area contributed by atoms with Crippen LogP contribution in [0.2, 0.25) is 5.02 Å². The zero-order valence-electron chi connectivity index (χ0n) is 16.2. The third kappa shape index (κ3) is 4.08. The Morgan fingerprint density at radius 2 is 2.10 bits per heavy atom. The molecule has 0 spiro atoms. The molecule has 4 rings (SSSR count). The Morgan fingerprint density at radius 1 is 1.30 bits per heavy atom. The van der Waals surface area contributed by atoms with Gasteiger partial charge in [-0.3, -0.25) is 9.59 Å². The molecule has 0 bridgehead atoms. The number of anilines is 1. The largest absolute Gasteiger partial charge is 0.333 e. The van der Waals surface area contributed by atoms with Crippen LogP contribution in [-0.4, -0.2) is 41.3 Å². The van der Waals surface area contributed by atoms with E-state index in [0.717, 1.165) is 0 Å². The van der Waals surface area contributed by atoms with Crippen LogP contribution < -0.4 is 4.90 Å². The number of amides is 2. The van der Waals surface area contributed by atoms with Crippen LogP contribution in [0, 0.1) is 5.82 Å². The van der Waals surface area contributed by atoms with Gasteiger partial charge in [0.05, 0.1) is 22.8 Å². The van der Waals surface area contributed by atoms with Gasteiger partial charge in [0.1, 0.15) is 16.9 Å². The zero-order valence-corrected chi connectivity index (χ0v) is 17.8. The van der Waals surface area contributed by atoms with Gasteiger partial charge < -0.3 is 9.80 Å². The first-order valence-corrected chi connectivity index (χ1v) is 10.7. The highest BCUT2D eigenvalue weighted by Gasteiger charge is 2.37. The predicted octanol–water partition coefficient (Wildman–Crippen LogP) is 4.41. The second-order valence-corrected chi connectivity index (χ2v) is 8.35. The topological polar surface area (TPSA) is 53.5 Å². The van der Waals surface area contributed by atoms with Crippen LogP contribution >= 0.6 is 22.9 Å². The van der Waals surface area contributed by atoms with E-state index < -0.39 is 6.04 Å². The molecule has 0 radical (unpaired) electrons. The SMILES string of the molecule is CN(C(=O)Cc1csc(-c2cccc(F)c2)n1)C1CCN(c2ccccc2Cl)C1=O. The van der Waals surface area contributed by atoms with Crippen molar-refractivity contribution in [1.29, 1.82) is 0 Å². The maximum atomic E-state index is 13.4. The van der Waals surface area contributed by atoms with Crippen molar-refractivity contribution in [2.45, 2.75) is 18.9 Å². The number of thiazole rings is 1. The van der Waals surface area contributed by atoms with E-state index >= 15 is 0 Å². The van der Waals surface area contributed by atoms with Gasteiger partial charge in [0.25, 0.3) is 0 Å². The van der Waals surface area contributed by atoms with E-state index in [2.05, 4.69) is 4.98 Å². The molecule has 2 heterocycles. The molecule has 0 aliphatic carbocycles. The van der Waals surface area contributed by atoms with Gasteiger partial charge in [-0.15, -0.1) is 11.3 Å². The van der Waals surface area contributed by atoms with Crippen molar-refractivity contribution >= 4 is 40.4 Å². The van der Waals surface area contributed by atoms with E-state index in [1.54, 1.807) is 41.6 Å². The minimum atomic E-state index is -0.532. The number of carbonyl (C=O) groups excluding carboxylic acids is 2. The van der Waals surface area contributed by atoms with Gasteiger partial charge in [-0.05, 0) is 30.7 Å². The second-order valence-electron chi connectivity index (χ2n) is 7.08. The first kappa shape index (κ1) is 20.5. The number of rotatable bonds is 5. The number of carbonyl (C=O) groups is 2. The molecule has 5 nitrogen and oxygen atoms in total. The maximum Gasteiger partial charge on any atom is 0.249 e. The molecule has 1 unspecified atom stereocenters. The number of nitrogens with zero attached hydrogens (tertiary/aromatic N) is 3. The van der Waals surface area contributed by atoms with E-state index in [0.29, 0.717) is 39.9 Å². The highest BCUT2D eigenvalue weighted by atomic mass is 35.5. The molecule has 2 aromatic carbocycles. The molecular weight excluding hydrogens is 425 g/mol. The lowest BCUT2D eigenvalue weighted by Gasteiger charge is -2.24. The van der Waals surface area contributed by atoms with Crippen molar-refractivity contribution in [1.82, 2.24) is 9.88 Å². The molecule has 1 atom stereocenters. The van der Waals surface area contributed by atoms with Gasteiger partial charge in [-0.2, -0.15) is 0 Å². The maximum absolute atomic E-state index is 13.4. The fourth-order valence-electron chi connectivity index (χ4n) is 3.53. The van der Waals surface area contributed by atoms with Gasteiger partial charge in [-0.1, -0.05) is 35.9 Å². The van der Waals surface area contributed by atoms with Crippen LogP contribution in [0.4, 0.5) is 10.1 Å². The molecule has 2 amide bonds. The van der Waals surface area contributed by atoms with Gasteiger partial charge in [0.15, 0.2) is 0 Å². The van der Waals surface area contributed by atoms with Gasteiger partial charge >= 0.3 is 0 Å². The molecule has 3 aromatic rings. The summed E-state index contributed by atoms with van der Waals surface area (Å²) in [6.45, 7) is 0.505. The van der Waals surface area contributed by atoms with E-state index in [-0.39, 0.29) is 24.1 Å². The quantitative estimate of drug-likeness (QED) is 0.587. The minimum Gasteiger partial charge on any atom is -0.333 e. The summed E-state index contributed by atoms with van der Waals surface area (Å²) < 4.78 is 13.4. The summed E-state index contributed by atoms with van der Waals surface area (Å²) >= 11 is 7.58. The summed E-state index contributed by atoms with van der Waals surface area (Å²) in [7, 11) is 1.64. The van der Waals surface area contributed by atoms with Crippen molar-refractivity contribution in [2.24, 2.45) is 0 Å². The fourth-order valence-corrected chi connectivity index (χ4v) is 4.58. The first-order valence-electron chi connectivity index (χ1n) is 9.46. The van der Waals surface area contributed by atoms with E-state index in [4.69, 9.17) is 11.6 Å². The lowest BCUT2D eigenvalue weighted by molar-refractivity contribution is -0.136. The number of para-hydroxylation sites is 1. The minimum absolute atomic E-state index is 0.0815. The monoisotopic (exact) mass is 443 g/mol. The Morgan fingerprint density at radius 3 is 2.87 bits per heavy atom. The molecular formula is C22H19ClFN3O2S. The summed E-state index contributed by atoms with van der Waals surface area (Å²) in [6.07, 6.45) is 0.621. The number of hydrogen-bond acceptors (Lipinski definition) is 4. The standard InChI is InChI=1S/C22H19ClFN3O2S/c1-26(19-9-10-27(22(19)29)18-8-3-2-7-17(18)23)20(28)12-16-13-30-21(25-16)14-5-4-6-15(24)11-14/h2-8,11,13,19H,9-10,12H2,1H3. The van der Waals surface area contributed by atoms with Crippen molar-refractivity contribution in [3.8, 4) is 10.6 Å². The van der Waals surface area contributed by atoms with Crippen LogP contribution in [0.15, 0.2) is 53.9 Å². The molecule has 154 valence electrons. The summed E-state index contributed by atoms with van der Waals surface area (Å²) in [5.41, 5.74) is 1.93. The first-order chi connectivity index (χ1) is 14.4. The summed E-state index contributed by atoms with van der Waals surface area (Å²) in [5.74, 6) is -0.661. The highest BCUT2D eigenvalue weighted by Crippen LogP contribution is 2.30. The van der Waals surface area contributed by atoms with Crippen molar-refractivity contribution in [3.63, 3.8) is 0 Å². The molecule has 0 saturated carbocycles. The van der Waals surface area contributed by atoms with Gasteiger partial charge in [0.2, 0.25) is 11.8 Å². The summed E-state index contributed by atoms with van der Waals surface area (Å²) in [5, 5.41) is 2.95. The average Bonchev–Trinajstić information content (AvgIpc) is 3.35. The number of benzene rings is 2. The molecule has 1 aliphatic rings. The Labute approximate surface area is 182 Å². The molecule has 0 N–H and O–H groups in total. The van der Waals surface area contributed by atoms with Crippen molar-refractivity contribution < 1.29 is 14.0 Å². The van der Waals surface area contributed by atoms with E-state index in [9.17, 15) is 14.0 Å². The molecule has 1 aliphatic heterocycles. The number of aromatic nitrogens is 1. The van der Waals surface area contributed by atoms with Gasteiger partial charge in [0, 0.05) is 24.5 Å². The number of halogens is 2. The molecule has 1 fully saturated rings. The Hall–Kier alpha value is -2.77. The van der Waals surface area contributed by atoms with Crippen LogP contribution in [0.25, 0.3) is 10.6 Å². The molecule has 1 saturated heterocycles. The highest BCUT2D eigenvalue weighted by molar-refractivity contribution is 7.13. The zero-order chi connectivity index (χ0) is 21.3. The second kappa shape index (κ2) is 8.53. The van der Waals surface area contributed by atoms with Crippen LogP contribution in [0.5, 0.6) is 0 Å². The number of likely N-dealkylation sites (N-methyl/N-ethyl adjacent to an activating group) is 1. The Balaban J connectivity index is 1.43. The third-order valence-electron chi connectivity index (χ3n) is 5.14. The fraction of sp³-hybridized carbons (Fsp3) is 0.227. The van der Waals surface area contributed by atoms with E-state index in [1.807, 2.05) is 12.1 Å². The van der Waals surface area contributed by atoms with Crippen LogP contribution in [0.1, 0.15) is 12.1 Å². The molecule has 30 heavy (non-hydrogen) atoms. The Bertz CT molecular complexity index is 1100. The van der Waals surface area contributed by atoms with E-state index in [1.165, 1.54) is 28.4 Å². The summed E-state index contributed by atoms with van der Waals surface area (Å²) in [6, 6.07) is 12.8. The predicted molar refractivity (Wildman–Crippen MR) is 116 cm³/mol. The number of hydrogen-bond donors (Lipinski definition) is 0. The average molecular weight is 444 g/mol. The Kier molecular flexibility index (Phi) is 5.83. The van der Waals surface area contributed by atoms with Gasteiger partial charge in [-0.25, -0.2) is 9.37 Å². The third-order valence-corrected chi connectivity index (χ3v) is 6.40. The smallest absolute Gasteiger partial charge is 0.249 e. The molecule has 8 heteroatoms. The lowest BCUT2D eigenvalue weighted by atomic mass is 10.2. The lowest BCUT2D eigenvalue weighted by Crippen LogP contribution is -2.43. The normalized spacial score (nSPS) is 16.2.